The first kappa shape index (κ1) is 20.3. The maximum Gasteiger partial charge on any atom is 0.249 e. The zero-order valence-corrected chi connectivity index (χ0v) is 18.6. The predicted molar refractivity (Wildman–Crippen MR) is 123 cm³/mol. The van der Waals surface area contributed by atoms with Crippen LogP contribution in [-0.2, 0) is 5.41 Å². The second-order valence-electron chi connectivity index (χ2n) is 8.85. The van der Waals surface area contributed by atoms with Crippen molar-refractivity contribution in [2.75, 3.05) is 20.2 Å². The smallest absolute Gasteiger partial charge is 0.249 e. The number of aromatic nitrogens is 1. The van der Waals surface area contributed by atoms with E-state index in [0.717, 1.165) is 53.4 Å². The summed E-state index contributed by atoms with van der Waals surface area (Å²) in [7, 11) is 2.10. The number of nitrogens with zero attached hydrogens (tertiary/aromatic N) is 2. The molecule has 5 rings (SSSR count). The monoisotopic (exact) mass is 435 g/mol. The van der Waals surface area contributed by atoms with Gasteiger partial charge in [-0.2, -0.15) is 0 Å². The first-order valence-electron chi connectivity index (χ1n) is 10.7. The van der Waals surface area contributed by atoms with Gasteiger partial charge in [-0.3, -0.25) is 14.7 Å². The Labute approximate surface area is 187 Å². The summed E-state index contributed by atoms with van der Waals surface area (Å²) in [5.74, 6) is 0.267. The Morgan fingerprint density at radius 3 is 2.74 bits per heavy atom. The lowest BCUT2D eigenvalue weighted by Crippen LogP contribution is -2.48. The van der Waals surface area contributed by atoms with Crippen molar-refractivity contribution in [3.05, 3.63) is 69.9 Å². The maximum absolute atomic E-state index is 12.3. The van der Waals surface area contributed by atoms with Crippen molar-refractivity contribution in [2.45, 2.75) is 37.6 Å². The third kappa shape index (κ3) is 3.46. The largest absolute Gasteiger partial charge is 0.492 e. The number of likely N-dealkylation sites (N-methyl/N-ethyl adjacent to an activating group) is 1. The van der Waals surface area contributed by atoms with Gasteiger partial charge in [0.1, 0.15) is 12.4 Å². The molecule has 1 amide bonds. The van der Waals surface area contributed by atoms with Crippen LogP contribution >= 0.6 is 11.6 Å². The Balaban J connectivity index is 1.61. The summed E-state index contributed by atoms with van der Waals surface area (Å²) >= 11 is 6.48. The number of nitrogens with two attached hydrogens (primary N) is 1. The van der Waals surface area contributed by atoms with Gasteiger partial charge in [0, 0.05) is 33.6 Å². The van der Waals surface area contributed by atoms with Gasteiger partial charge in [0.2, 0.25) is 5.91 Å². The molecule has 0 radical (unpaired) electrons. The first-order valence-corrected chi connectivity index (χ1v) is 11.1. The molecule has 6 heteroatoms. The van der Waals surface area contributed by atoms with Crippen molar-refractivity contribution < 1.29 is 9.53 Å². The van der Waals surface area contributed by atoms with Crippen LogP contribution in [0.5, 0.6) is 5.75 Å². The lowest BCUT2D eigenvalue weighted by molar-refractivity contribution is 0.0767. The van der Waals surface area contributed by atoms with E-state index < -0.39 is 5.91 Å². The molecule has 1 unspecified atom stereocenters. The molecule has 31 heavy (non-hydrogen) atoms. The fraction of sp³-hybridized carbons (Fsp3) is 0.360. The van der Waals surface area contributed by atoms with Crippen molar-refractivity contribution in [3.8, 4) is 5.75 Å². The van der Waals surface area contributed by atoms with E-state index in [1.807, 2.05) is 25.1 Å². The van der Waals surface area contributed by atoms with Gasteiger partial charge in [-0.1, -0.05) is 17.7 Å². The number of carbonyl (C=O) groups is 1. The van der Waals surface area contributed by atoms with Gasteiger partial charge in [-0.05, 0) is 86.8 Å². The normalized spacial score (nSPS) is 19.8. The number of likely N-dealkylation sites (tertiary alicyclic amines) is 1. The second kappa shape index (κ2) is 7.50. The molecule has 2 fully saturated rings. The molecule has 0 spiro atoms. The van der Waals surface area contributed by atoms with Gasteiger partial charge in [0.15, 0.2) is 0 Å². The summed E-state index contributed by atoms with van der Waals surface area (Å²) in [5, 5.41) is 1.76. The average Bonchev–Trinajstić information content (AvgIpc) is 3.54. The summed E-state index contributed by atoms with van der Waals surface area (Å²) in [5.41, 5.74) is 10.1. The van der Waals surface area contributed by atoms with E-state index >= 15 is 0 Å². The van der Waals surface area contributed by atoms with Gasteiger partial charge in [0.25, 0.3) is 0 Å². The van der Waals surface area contributed by atoms with Crippen LogP contribution in [-0.4, -0.2) is 42.0 Å². The van der Waals surface area contributed by atoms with Gasteiger partial charge in [-0.15, -0.1) is 0 Å². The number of fused-ring (bicyclic) bond motifs is 1. The number of halogens is 1. The molecule has 1 aliphatic carbocycles. The lowest BCUT2D eigenvalue weighted by Gasteiger charge is -2.37. The molecule has 2 heterocycles. The Morgan fingerprint density at radius 1 is 1.29 bits per heavy atom. The molecule has 1 aromatic heterocycles. The third-order valence-corrected chi connectivity index (χ3v) is 7.21. The molecule has 3 aromatic rings. The quantitative estimate of drug-likeness (QED) is 0.620. The fourth-order valence-corrected chi connectivity index (χ4v) is 5.06. The molecule has 160 valence electrons. The first-order chi connectivity index (χ1) is 14.9. The van der Waals surface area contributed by atoms with Gasteiger partial charge in [0.05, 0.1) is 5.52 Å². The van der Waals surface area contributed by atoms with Gasteiger partial charge >= 0.3 is 0 Å². The molecule has 5 nitrogen and oxygen atoms in total. The standard InChI is InChI=1S/C25H26ClN3O2/c1-15-20(24(27)30)12-18(31-14-17-5-9-29(17)2)13-21(15)25(6-7-25)22-10-16(26)11-23-19(22)4-3-8-28-23/h3-4,8,10-13,17H,5-7,9,14H2,1-2H3,(H2,27,30). The molecule has 1 atom stereocenters. The van der Waals surface area contributed by atoms with Crippen LogP contribution in [0, 0.1) is 6.92 Å². The number of hydrogen-bond acceptors (Lipinski definition) is 4. The number of benzene rings is 2. The van der Waals surface area contributed by atoms with Gasteiger partial charge < -0.3 is 10.5 Å². The van der Waals surface area contributed by atoms with Crippen molar-refractivity contribution >= 4 is 28.4 Å². The Hall–Kier alpha value is -2.63. The van der Waals surface area contributed by atoms with Crippen molar-refractivity contribution in [1.82, 2.24) is 9.88 Å². The molecule has 1 saturated heterocycles. The zero-order valence-electron chi connectivity index (χ0n) is 17.8. The van der Waals surface area contributed by atoms with Crippen LogP contribution < -0.4 is 10.5 Å². The molecular weight excluding hydrogens is 410 g/mol. The Morgan fingerprint density at radius 2 is 2.10 bits per heavy atom. The highest BCUT2D eigenvalue weighted by Crippen LogP contribution is 2.57. The fourth-order valence-electron chi connectivity index (χ4n) is 4.85. The summed E-state index contributed by atoms with van der Waals surface area (Å²) in [6.45, 7) is 3.68. The molecular formula is C25H26ClN3O2. The predicted octanol–water partition coefficient (Wildman–Crippen LogP) is 4.46. The van der Waals surface area contributed by atoms with E-state index in [2.05, 4.69) is 29.1 Å². The summed E-state index contributed by atoms with van der Waals surface area (Å²) in [6, 6.07) is 12.3. The van der Waals surface area contributed by atoms with Crippen molar-refractivity contribution in [1.29, 1.82) is 0 Å². The third-order valence-electron chi connectivity index (χ3n) is 6.99. The molecule has 2 aromatic carbocycles. The van der Waals surface area contributed by atoms with Crippen molar-refractivity contribution in [3.63, 3.8) is 0 Å². The number of pyridine rings is 1. The van der Waals surface area contributed by atoms with Crippen molar-refractivity contribution in [2.24, 2.45) is 5.73 Å². The maximum atomic E-state index is 12.3. The molecule has 1 aliphatic heterocycles. The Kier molecular flexibility index (Phi) is 4.91. The van der Waals surface area contributed by atoms with E-state index in [1.165, 1.54) is 0 Å². The number of ether oxygens (including phenoxy) is 1. The SMILES string of the molecule is Cc1c(C(N)=O)cc(OCC2CCN2C)cc1C1(c2cc(Cl)cc3ncccc23)CC1. The summed E-state index contributed by atoms with van der Waals surface area (Å²) in [6.07, 6.45) is 4.87. The molecule has 0 bridgehead atoms. The highest BCUT2D eigenvalue weighted by molar-refractivity contribution is 6.31. The van der Waals surface area contributed by atoms with Crippen LogP contribution in [0.2, 0.25) is 5.02 Å². The van der Waals surface area contributed by atoms with E-state index in [4.69, 9.17) is 22.1 Å². The number of hydrogen-bond donors (Lipinski definition) is 1. The van der Waals surface area contributed by atoms with E-state index in [0.29, 0.717) is 29.0 Å². The Bertz CT molecular complexity index is 1190. The number of rotatable bonds is 6. The van der Waals surface area contributed by atoms with E-state index in [9.17, 15) is 4.79 Å². The van der Waals surface area contributed by atoms with Crippen LogP contribution in [0.1, 0.15) is 46.3 Å². The van der Waals surface area contributed by atoms with E-state index in [-0.39, 0.29) is 5.41 Å². The zero-order chi connectivity index (χ0) is 21.8. The summed E-state index contributed by atoms with van der Waals surface area (Å²) in [4.78, 5) is 19.0. The second-order valence-corrected chi connectivity index (χ2v) is 9.28. The van der Waals surface area contributed by atoms with Crippen LogP contribution in [0.25, 0.3) is 10.9 Å². The minimum absolute atomic E-state index is 0.215. The molecule has 1 saturated carbocycles. The van der Waals surface area contributed by atoms with Crippen LogP contribution in [0.15, 0.2) is 42.6 Å². The molecule has 2 aliphatic rings. The summed E-state index contributed by atoms with van der Waals surface area (Å²) < 4.78 is 6.15. The number of primary amides is 1. The number of carbonyl (C=O) groups excluding carboxylic acids is 1. The van der Waals surface area contributed by atoms with E-state index in [1.54, 1.807) is 12.3 Å². The van der Waals surface area contributed by atoms with Crippen LogP contribution in [0.4, 0.5) is 0 Å². The topological polar surface area (TPSA) is 68.5 Å². The van der Waals surface area contributed by atoms with Gasteiger partial charge in [-0.25, -0.2) is 0 Å². The minimum atomic E-state index is -0.432. The minimum Gasteiger partial charge on any atom is -0.492 e. The lowest BCUT2D eigenvalue weighted by atomic mass is 9.82. The van der Waals surface area contributed by atoms with Crippen LogP contribution in [0.3, 0.4) is 0 Å². The highest BCUT2D eigenvalue weighted by Gasteiger charge is 2.48. The highest BCUT2D eigenvalue weighted by atomic mass is 35.5. The number of amides is 1. The molecule has 2 N–H and O–H groups in total. The average molecular weight is 436 g/mol.